The van der Waals surface area contributed by atoms with Crippen LogP contribution in [0.1, 0.15) is 45.4 Å². The molecule has 0 amide bonds. The van der Waals surface area contributed by atoms with E-state index in [0.717, 1.165) is 31.5 Å². The molecule has 0 bridgehead atoms. The molecule has 3 heteroatoms. The van der Waals surface area contributed by atoms with Gasteiger partial charge >= 0.3 is 0 Å². The minimum atomic E-state index is 0.333. The van der Waals surface area contributed by atoms with Crippen LogP contribution in [-0.2, 0) is 9.47 Å². The van der Waals surface area contributed by atoms with E-state index in [0.29, 0.717) is 17.6 Å². The predicted octanol–water partition coefficient (Wildman–Crippen LogP) is 2.35. The maximum Gasteiger partial charge on any atom is 0.0673 e. The topological polar surface area (TPSA) is 30.5 Å². The molecule has 1 aliphatic heterocycles. The predicted molar refractivity (Wildman–Crippen MR) is 71.6 cm³/mol. The van der Waals surface area contributed by atoms with Crippen molar-refractivity contribution in [3.05, 3.63) is 0 Å². The van der Waals surface area contributed by atoms with Gasteiger partial charge in [-0.15, -0.1) is 0 Å². The van der Waals surface area contributed by atoms with Crippen LogP contribution in [0.25, 0.3) is 0 Å². The van der Waals surface area contributed by atoms with Crippen LogP contribution in [0.5, 0.6) is 0 Å². The SMILES string of the molecule is COC(C)CC1(CNC2CC2)CCOC1C1CC1. The summed E-state index contributed by atoms with van der Waals surface area (Å²) in [4.78, 5) is 0. The van der Waals surface area contributed by atoms with E-state index in [1.165, 1.54) is 32.1 Å². The van der Waals surface area contributed by atoms with E-state index in [2.05, 4.69) is 12.2 Å². The molecule has 3 unspecified atom stereocenters. The van der Waals surface area contributed by atoms with E-state index in [1.54, 1.807) is 0 Å². The fourth-order valence-electron chi connectivity index (χ4n) is 3.51. The van der Waals surface area contributed by atoms with Crippen molar-refractivity contribution < 1.29 is 9.47 Å². The van der Waals surface area contributed by atoms with Gasteiger partial charge in [0.2, 0.25) is 0 Å². The molecular formula is C15H27NO2. The first kappa shape index (κ1) is 12.9. The largest absolute Gasteiger partial charge is 0.382 e. The quantitative estimate of drug-likeness (QED) is 0.755. The van der Waals surface area contributed by atoms with Crippen LogP contribution < -0.4 is 5.32 Å². The summed E-state index contributed by atoms with van der Waals surface area (Å²) in [6.07, 6.45) is 8.66. The highest BCUT2D eigenvalue weighted by molar-refractivity contribution is 5.02. The summed E-state index contributed by atoms with van der Waals surface area (Å²) in [7, 11) is 1.83. The van der Waals surface area contributed by atoms with Gasteiger partial charge in [0.25, 0.3) is 0 Å². The fraction of sp³-hybridized carbons (Fsp3) is 1.00. The molecule has 1 heterocycles. The van der Waals surface area contributed by atoms with Crippen LogP contribution >= 0.6 is 0 Å². The van der Waals surface area contributed by atoms with Crippen LogP contribution in [0.4, 0.5) is 0 Å². The molecule has 104 valence electrons. The molecule has 0 aromatic heterocycles. The number of hydrogen-bond donors (Lipinski definition) is 1. The van der Waals surface area contributed by atoms with Crippen molar-refractivity contribution in [2.75, 3.05) is 20.3 Å². The summed E-state index contributed by atoms with van der Waals surface area (Å²) < 4.78 is 11.6. The molecule has 3 rings (SSSR count). The second-order valence-corrected chi connectivity index (χ2v) is 6.65. The van der Waals surface area contributed by atoms with E-state index in [-0.39, 0.29) is 0 Å². The second kappa shape index (κ2) is 5.10. The molecule has 3 nitrogen and oxygen atoms in total. The third-order valence-corrected chi connectivity index (χ3v) is 4.97. The molecule has 2 aliphatic carbocycles. The van der Waals surface area contributed by atoms with Crippen LogP contribution in [0.15, 0.2) is 0 Å². The summed E-state index contributed by atoms with van der Waals surface area (Å²) in [5, 5.41) is 3.75. The Morgan fingerprint density at radius 1 is 1.33 bits per heavy atom. The molecule has 2 saturated carbocycles. The Morgan fingerprint density at radius 2 is 2.11 bits per heavy atom. The minimum Gasteiger partial charge on any atom is -0.382 e. The lowest BCUT2D eigenvalue weighted by Gasteiger charge is -2.36. The number of ether oxygens (including phenoxy) is 2. The summed E-state index contributed by atoms with van der Waals surface area (Å²) in [5.74, 6) is 0.831. The van der Waals surface area contributed by atoms with Gasteiger partial charge in [0, 0.05) is 31.7 Å². The van der Waals surface area contributed by atoms with E-state index >= 15 is 0 Å². The van der Waals surface area contributed by atoms with Crippen molar-refractivity contribution in [1.29, 1.82) is 0 Å². The lowest BCUT2D eigenvalue weighted by atomic mass is 9.74. The van der Waals surface area contributed by atoms with E-state index < -0.39 is 0 Å². The Bertz CT molecular complexity index is 288. The van der Waals surface area contributed by atoms with Gasteiger partial charge in [0.15, 0.2) is 0 Å². The molecule has 1 N–H and O–H groups in total. The molecule has 18 heavy (non-hydrogen) atoms. The van der Waals surface area contributed by atoms with Crippen LogP contribution in [0, 0.1) is 11.3 Å². The average Bonchev–Trinajstić information content (AvgIpc) is 3.27. The van der Waals surface area contributed by atoms with E-state index in [4.69, 9.17) is 9.47 Å². The van der Waals surface area contributed by atoms with Crippen molar-refractivity contribution in [3.8, 4) is 0 Å². The first-order valence-corrected chi connectivity index (χ1v) is 7.61. The second-order valence-electron chi connectivity index (χ2n) is 6.65. The first-order chi connectivity index (χ1) is 8.73. The first-order valence-electron chi connectivity index (χ1n) is 7.61. The zero-order valence-electron chi connectivity index (χ0n) is 11.8. The van der Waals surface area contributed by atoms with Gasteiger partial charge in [-0.3, -0.25) is 0 Å². The summed E-state index contributed by atoms with van der Waals surface area (Å²) >= 11 is 0. The lowest BCUT2D eigenvalue weighted by Crippen LogP contribution is -2.44. The Morgan fingerprint density at radius 3 is 2.72 bits per heavy atom. The van der Waals surface area contributed by atoms with E-state index in [9.17, 15) is 0 Å². The molecule has 0 spiro atoms. The zero-order chi connectivity index (χ0) is 12.6. The number of nitrogens with one attached hydrogen (secondary N) is 1. The molecule has 1 saturated heterocycles. The maximum absolute atomic E-state index is 6.10. The highest BCUT2D eigenvalue weighted by atomic mass is 16.5. The molecule has 0 radical (unpaired) electrons. The van der Waals surface area contributed by atoms with Crippen molar-refractivity contribution in [3.63, 3.8) is 0 Å². The summed E-state index contributed by atoms with van der Waals surface area (Å²) in [5.41, 5.74) is 0.333. The number of hydrogen-bond acceptors (Lipinski definition) is 3. The van der Waals surface area contributed by atoms with Gasteiger partial charge < -0.3 is 14.8 Å². The summed E-state index contributed by atoms with van der Waals surface area (Å²) in [6, 6.07) is 0.792. The Kier molecular flexibility index (Phi) is 3.65. The van der Waals surface area contributed by atoms with Crippen molar-refractivity contribution in [2.45, 2.75) is 63.7 Å². The number of methoxy groups -OCH3 is 1. The fourth-order valence-corrected chi connectivity index (χ4v) is 3.51. The van der Waals surface area contributed by atoms with Crippen molar-refractivity contribution >= 4 is 0 Å². The van der Waals surface area contributed by atoms with Crippen LogP contribution in [-0.4, -0.2) is 38.5 Å². The molecular weight excluding hydrogens is 226 g/mol. The van der Waals surface area contributed by atoms with Gasteiger partial charge in [-0.05, 0) is 51.4 Å². The third kappa shape index (κ3) is 2.73. The van der Waals surface area contributed by atoms with Gasteiger partial charge in [-0.25, -0.2) is 0 Å². The highest BCUT2D eigenvalue weighted by Gasteiger charge is 2.51. The van der Waals surface area contributed by atoms with Crippen molar-refractivity contribution in [1.82, 2.24) is 5.32 Å². The monoisotopic (exact) mass is 253 g/mol. The summed E-state index contributed by atoms with van der Waals surface area (Å²) in [6.45, 7) is 4.28. The average molecular weight is 253 g/mol. The molecule has 0 aromatic rings. The van der Waals surface area contributed by atoms with Crippen LogP contribution in [0.3, 0.4) is 0 Å². The molecule has 3 aliphatic rings. The molecule has 0 aromatic carbocycles. The minimum absolute atomic E-state index is 0.333. The highest BCUT2D eigenvalue weighted by Crippen LogP contribution is 2.50. The smallest absolute Gasteiger partial charge is 0.0673 e. The van der Waals surface area contributed by atoms with Gasteiger partial charge in [0.05, 0.1) is 12.2 Å². The van der Waals surface area contributed by atoms with Gasteiger partial charge in [-0.2, -0.15) is 0 Å². The van der Waals surface area contributed by atoms with Gasteiger partial charge in [-0.1, -0.05) is 0 Å². The maximum atomic E-state index is 6.10. The van der Waals surface area contributed by atoms with Gasteiger partial charge in [0.1, 0.15) is 0 Å². The van der Waals surface area contributed by atoms with E-state index in [1.807, 2.05) is 7.11 Å². The standard InChI is InChI=1S/C15H27NO2/c1-11(17-2)9-15(10-16-13-5-6-13)7-8-18-14(15)12-3-4-12/h11-14,16H,3-10H2,1-2H3. The Balaban J connectivity index is 1.67. The number of rotatable bonds is 7. The van der Waals surface area contributed by atoms with Crippen molar-refractivity contribution in [2.24, 2.45) is 11.3 Å². The Hall–Kier alpha value is -0.120. The normalized spacial score (nSPS) is 38.0. The third-order valence-electron chi connectivity index (χ3n) is 4.97. The van der Waals surface area contributed by atoms with Crippen LogP contribution in [0.2, 0.25) is 0 Å². The zero-order valence-corrected chi connectivity index (χ0v) is 11.8. The molecule has 3 fully saturated rings. The molecule has 3 atom stereocenters. The Labute approximate surface area is 111 Å². The lowest BCUT2D eigenvalue weighted by molar-refractivity contribution is -0.00509.